The second kappa shape index (κ2) is 19.4. The Morgan fingerprint density at radius 1 is 0.848 bits per heavy atom. The monoisotopic (exact) mass is 630 g/mol. The molecule has 0 amide bonds. The number of carbonyl (C=O) groups excluding carboxylic acids is 2. The van der Waals surface area contributed by atoms with Crippen LogP contribution in [0.1, 0.15) is 83.9 Å². The Morgan fingerprint density at radius 3 is 2.00 bits per heavy atom. The average Bonchev–Trinajstić information content (AvgIpc) is 3.38. The van der Waals surface area contributed by atoms with Gasteiger partial charge >= 0.3 is 29.6 Å². The molecular weight excluding hydrogens is 583 g/mol. The van der Waals surface area contributed by atoms with E-state index in [9.17, 15) is 14.7 Å². The summed E-state index contributed by atoms with van der Waals surface area (Å²) in [4.78, 5) is 24.7. The van der Waals surface area contributed by atoms with Crippen molar-refractivity contribution in [3.8, 4) is 5.75 Å². The first-order valence-corrected chi connectivity index (χ1v) is 16.3. The van der Waals surface area contributed by atoms with E-state index in [1.54, 1.807) is 7.11 Å². The molecule has 3 aromatic carbocycles. The summed E-state index contributed by atoms with van der Waals surface area (Å²) in [5.41, 5.74) is 6.74. The van der Waals surface area contributed by atoms with Gasteiger partial charge < -0.3 is 24.5 Å². The minimum atomic E-state index is -1.05. The molecule has 0 unspecified atom stereocenters. The molecule has 0 atom stereocenters. The standard InChI is InChI=1S/C39H48N2O4.Na/c1-4-36-34(27-33(41(36)2)22-13-23-38(42)43)39(44)32-24-25-37(45-3)35(26-32)40-28-31(20-11-18-29-14-7-5-8-15-29)21-12-19-30-16-9-6-10-17-30;/h5-10,14-17,24-27,31,40H,4,11-13,18-23,28H2,1-3H3,(H,42,43);/q;+1/p-1. The van der Waals surface area contributed by atoms with Gasteiger partial charge in [0, 0.05) is 42.1 Å². The molecule has 0 fully saturated rings. The van der Waals surface area contributed by atoms with E-state index in [0.717, 1.165) is 62.1 Å². The van der Waals surface area contributed by atoms with Gasteiger partial charge in [0.2, 0.25) is 0 Å². The Bertz CT molecular complexity index is 1470. The van der Waals surface area contributed by atoms with E-state index in [1.807, 2.05) is 42.8 Å². The summed E-state index contributed by atoms with van der Waals surface area (Å²) in [7, 11) is 3.60. The number of aromatic nitrogens is 1. The molecule has 0 spiro atoms. The Labute approximate surface area is 296 Å². The maximum absolute atomic E-state index is 13.8. The van der Waals surface area contributed by atoms with E-state index >= 15 is 0 Å². The summed E-state index contributed by atoms with van der Waals surface area (Å²) >= 11 is 0. The topological polar surface area (TPSA) is 83.4 Å². The molecule has 6 nitrogen and oxygen atoms in total. The minimum Gasteiger partial charge on any atom is -0.550 e. The number of methoxy groups -OCH3 is 1. The predicted molar refractivity (Wildman–Crippen MR) is 180 cm³/mol. The molecule has 1 N–H and O–H groups in total. The van der Waals surface area contributed by atoms with Crippen molar-refractivity contribution in [3.05, 3.63) is 119 Å². The number of carbonyl (C=O) groups is 2. The van der Waals surface area contributed by atoms with Crippen LogP contribution in [0.4, 0.5) is 5.69 Å². The fourth-order valence-electron chi connectivity index (χ4n) is 6.20. The maximum atomic E-state index is 13.8. The van der Waals surface area contributed by atoms with E-state index < -0.39 is 5.97 Å². The molecule has 7 heteroatoms. The first kappa shape index (κ1) is 37.1. The van der Waals surface area contributed by atoms with Crippen LogP contribution in [0.3, 0.4) is 0 Å². The van der Waals surface area contributed by atoms with Gasteiger partial charge in [-0.15, -0.1) is 0 Å². The van der Waals surface area contributed by atoms with Gasteiger partial charge in [-0.05, 0) is 106 Å². The number of benzene rings is 3. The normalized spacial score (nSPS) is 10.9. The van der Waals surface area contributed by atoms with E-state index in [2.05, 4.69) is 66.0 Å². The van der Waals surface area contributed by atoms with Crippen molar-refractivity contribution < 1.29 is 49.0 Å². The van der Waals surface area contributed by atoms with Gasteiger partial charge in [0.15, 0.2) is 5.78 Å². The zero-order valence-corrected chi connectivity index (χ0v) is 30.0. The van der Waals surface area contributed by atoms with Gasteiger partial charge in [0.1, 0.15) is 5.75 Å². The number of aliphatic carboxylic acids is 1. The molecule has 0 aliphatic carbocycles. The van der Waals surface area contributed by atoms with Crippen molar-refractivity contribution in [1.29, 1.82) is 0 Å². The largest absolute Gasteiger partial charge is 1.00 e. The Morgan fingerprint density at radius 2 is 1.46 bits per heavy atom. The van der Waals surface area contributed by atoms with E-state index in [0.29, 0.717) is 42.1 Å². The number of ketones is 1. The average molecular weight is 631 g/mol. The van der Waals surface area contributed by atoms with Crippen LogP contribution in [0, 0.1) is 5.92 Å². The fourth-order valence-corrected chi connectivity index (χ4v) is 6.20. The van der Waals surface area contributed by atoms with Crippen LogP contribution in [0.15, 0.2) is 84.9 Å². The third kappa shape index (κ3) is 10.9. The quantitative estimate of drug-likeness (QED) is 0.125. The Hall–Kier alpha value is -3.32. The third-order valence-corrected chi connectivity index (χ3v) is 8.74. The van der Waals surface area contributed by atoms with Gasteiger partial charge in [-0.1, -0.05) is 67.6 Å². The molecule has 46 heavy (non-hydrogen) atoms. The first-order chi connectivity index (χ1) is 21.9. The molecule has 4 aromatic rings. The van der Waals surface area contributed by atoms with Crippen molar-refractivity contribution in [2.24, 2.45) is 13.0 Å². The molecule has 0 bridgehead atoms. The summed E-state index contributed by atoms with van der Waals surface area (Å²) in [5.74, 6) is 0.0992. The maximum Gasteiger partial charge on any atom is 1.00 e. The van der Waals surface area contributed by atoms with Crippen LogP contribution in [-0.4, -0.2) is 30.0 Å². The number of anilines is 1. The van der Waals surface area contributed by atoms with Gasteiger partial charge in [-0.3, -0.25) is 4.79 Å². The van der Waals surface area contributed by atoms with Crippen LogP contribution in [0.2, 0.25) is 0 Å². The SMILES string of the molecule is CCc1c(C(=O)c2ccc(OC)c(NCC(CCCc3ccccc3)CCCc3ccccc3)c2)cc(CCCC(=O)[O-])n1C.[Na+]. The van der Waals surface area contributed by atoms with Gasteiger partial charge in [0.05, 0.1) is 12.8 Å². The number of rotatable bonds is 19. The van der Waals surface area contributed by atoms with E-state index in [-0.39, 0.29) is 41.8 Å². The predicted octanol–water partition coefficient (Wildman–Crippen LogP) is 3.98. The number of carboxylic acid groups (broad SMARTS) is 1. The van der Waals surface area contributed by atoms with Crippen LogP contribution >= 0.6 is 0 Å². The summed E-state index contributed by atoms with van der Waals surface area (Å²) in [5, 5.41) is 14.6. The van der Waals surface area contributed by atoms with E-state index in [1.165, 1.54) is 11.1 Å². The zero-order chi connectivity index (χ0) is 32.0. The van der Waals surface area contributed by atoms with Crippen molar-refractivity contribution >= 4 is 17.4 Å². The first-order valence-electron chi connectivity index (χ1n) is 16.3. The summed E-state index contributed by atoms with van der Waals surface area (Å²) in [6.07, 6.45) is 8.36. The summed E-state index contributed by atoms with van der Waals surface area (Å²) < 4.78 is 7.73. The summed E-state index contributed by atoms with van der Waals surface area (Å²) in [6.45, 7) is 2.83. The molecule has 4 rings (SSSR count). The molecule has 0 aliphatic rings. The van der Waals surface area contributed by atoms with Gasteiger partial charge in [-0.25, -0.2) is 0 Å². The van der Waals surface area contributed by atoms with Crippen LogP contribution in [-0.2, 0) is 37.5 Å². The smallest absolute Gasteiger partial charge is 0.550 e. The van der Waals surface area contributed by atoms with Crippen molar-refractivity contribution in [2.45, 2.75) is 71.1 Å². The number of nitrogens with one attached hydrogen (secondary N) is 1. The fraction of sp³-hybridized carbons (Fsp3) is 0.385. The van der Waals surface area contributed by atoms with Crippen LogP contribution in [0.5, 0.6) is 5.75 Å². The Kier molecular flexibility index (Phi) is 15.6. The number of hydrogen-bond donors (Lipinski definition) is 1. The van der Waals surface area contributed by atoms with Crippen LogP contribution < -0.4 is 44.7 Å². The van der Waals surface area contributed by atoms with Gasteiger partial charge in [-0.2, -0.15) is 0 Å². The van der Waals surface area contributed by atoms with Crippen molar-refractivity contribution in [1.82, 2.24) is 4.57 Å². The van der Waals surface area contributed by atoms with Crippen LogP contribution in [0.25, 0.3) is 0 Å². The molecule has 238 valence electrons. The van der Waals surface area contributed by atoms with Gasteiger partial charge in [0.25, 0.3) is 0 Å². The molecule has 1 aromatic heterocycles. The summed E-state index contributed by atoms with van der Waals surface area (Å²) in [6, 6.07) is 28.8. The minimum absolute atomic E-state index is 0. The molecule has 0 saturated heterocycles. The number of carboxylic acids is 1. The number of aryl methyl sites for hydroxylation is 3. The number of hydrogen-bond acceptors (Lipinski definition) is 5. The molecule has 0 aliphatic heterocycles. The molecule has 0 saturated carbocycles. The van der Waals surface area contributed by atoms with E-state index in [4.69, 9.17) is 4.74 Å². The molecular formula is C39H47N2NaO4. The number of ether oxygens (including phenoxy) is 1. The molecule has 1 heterocycles. The second-order valence-electron chi connectivity index (χ2n) is 11.9. The molecule has 0 radical (unpaired) electrons. The van der Waals surface area contributed by atoms with Crippen molar-refractivity contribution in [2.75, 3.05) is 19.0 Å². The Balaban J connectivity index is 0.00000576. The number of nitrogens with zero attached hydrogens (tertiary/aromatic N) is 1. The zero-order valence-electron chi connectivity index (χ0n) is 28.0. The van der Waals surface area contributed by atoms with Crippen molar-refractivity contribution in [3.63, 3.8) is 0 Å². The second-order valence-corrected chi connectivity index (χ2v) is 11.9. The third-order valence-electron chi connectivity index (χ3n) is 8.74.